The van der Waals surface area contributed by atoms with Crippen LogP contribution in [0.5, 0.6) is 0 Å². The molecule has 0 bridgehead atoms. The van der Waals surface area contributed by atoms with Crippen LogP contribution >= 0.6 is 0 Å². The van der Waals surface area contributed by atoms with Crippen molar-refractivity contribution < 1.29 is 4.79 Å². The maximum atomic E-state index is 11.9. The molecule has 0 saturated carbocycles. The summed E-state index contributed by atoms with van der Waals surface area (Å²) in [5.74, 6) is 0.00942. The van der Waals surface area contributed by atoms with E-state index in [1.807, 2.05) is 31.2 Å². The number of nitrogens with zero attached hydrogens (tertiary/aromatic N) is 1. The van der Waals surface area contributed by atoms with E-state index in [1.54, 1.807) is 0 Å². The average molecular weight is 275 g/mol. The number of amides is 1. The van der Waals surface area contributed by atoms with Crippen LogP contribution in [-0.2, 0) is 0 Å². The number of carbonyl (C=O) groups excluding carboxylic acids is 1. The van der Waals surface area contributed by atoms with Crippen molar-refractivity contribution in [2.75, 3.05) is 33.2 Å². The minimum atomic E-state index is 0.00942. The molecule has 1 aromatic carbocycles. The van der Waals surface area contributed by atoms with Crippen molar-refractivity contribution in [2.24, 2.45) is 0 Å². The lowest BCUT2D eigenvalue weighted by atomic mass is 10.1. The van der Waals surface area contributed by atoms with Gasteiger partial charge in [0.15, 0.2) is 0 Å². The summed E-state index contributed by atoms with van der Waals surface area (Å²) in [5, 5.41) is 6.47. The summed E-state index contributed by atoms with van der Waals surface area (Å²) >= 11 is 0. The Bertz CT molecular complexity index is 422. The Morgan fingerprint density at radius 2 is 1.85 bits per heavy atom. The first-order valence-electron chi connectivity index (χ1n) is 7.42. The molecule has 2 rings (SSSR count). The molecule has 0 atom stereocenters. The van der Waals surface area contributed by atoms with Crippen LogP contribution in [0.3, 0.4) is 0 Å². The molecule has 0 radical (unpaired) electrons. The topological polar surface area (TPSA) is 44.4 Å². The molecular formula is C16H25N3O. The Morgan fingerprint density at radius 1 is 1.20 bits per heavy atom. The molecule has 1 amide bonds. The van der Waals surface area contributed by atoms with Crippen molar-refractivity contribution in [3.05, 3.63) is 35.4 Å². The lowest BCUT2D eigenvalue weighted by Gasteiger charge is -2.29. The molecule has 1 aliphatic heterocycles. The highest BCUT2D eigenvalue weighted by Gasteiger charge is 2.15. The van der Waals surface area contributed by atoms with Gasteiger partial charge in [-0.1, -0.05) is 17.7 Å². The molecule has 4 nitrogen and oxygen atoms in total. The van der Waals surface area contributed by atoms with Crippen LogP contribution in [0.4, 0.5) is 0 Å². The monoisotopic (exact) mass is 275 g/mol. The summed E-state index contributed by atoms with van der Waals surface area (Å²) in [6, 6.07) is 8.27. The molecule has 1 aliphatic rings. The molecule has 1 saturated heterocycles. The molecule has 0 spiro atoms. The van der Waals surface area contributed by atoms with E-state index in [9.17, 15) is 4.79 Å². The van der Waals surface area contributed by atoms with Crippen LogP contribution < -0.4 is 10.6 Å². The van der Waals surface area contributed by atoms with Crippen molar-refractivity contribution in [1.29, 1.82) is 0 Å². The molecule has 2 N–H and O–H groups in total. The molecule has 0 unspecified atom stereocenters. The predicted octanol–water partition coefficient (Wildman–Crippen LogP) is 1.41. The number of aryl methyl sites for hydroxylation is 1. The summed E-state index contributed by atoms with van der Waals surface area (Å²) < 4.78 is 0. The third-order valence-electron chi connectivity index (χ3n) is 3.88. The fourth-order valence-electron chi connectivity index (χ4n) is 2.47. The van der Waals surface area contributed by atoms with E-state index in [2.05, 4.69) is 22.6 Å². The van der Waals surface area contributed by atoms with Gasteiger partial charge in [0.05, 0.1) is 0 Å². The first kappa shape index (κ1) is 15.0. The van der Waals surface area contributed by atoms with E-state index < -0.39 is 0 Å². The molecule has 0 aliphatic carbocycles. The fraction of sp³-hybridized carbons (Fsp3) is 0.562. The second-order valence-electron chi connectivity index (χ2n) is 5.65. The van der Waals surface area contributed by atoms with Gasteiger partial charge in [0.25, 0.3) is 5.91 Å². The largest absolute Gasteiger partial charge is 0.351 e. The normalized spacial score (nSPS) is 17.1. The highest BCUT2D eigenvalue weighted by molar-refractivity contribution is 5.94. The van der Waals surface area contributed by atoms with E-state index in [-0.39, 0.29) is 5.91 Å². The van der Waals surface area contributed by atoms with Crippen LogP contribution in [0.2, 0.25) is 0 Å². The third-order valence-corrected chi connectivity index (χ3v) is 3.88. The number of piperidine rings is 1. The zero-order valence-electron chi connectivity index (χ0n) is 12.5. The van der Waals surface area contributed by atoms with Crippen molar-refractivity contribution in [3.8, 4) is 0 Å². The molecule has 0 aromatic heterocycles. The first-order chi connectivity index (χ1) is 9.65. The highest BCUT2D eigenvalue weighted by Crippen LogP contribution is 2.07. The average Bonchev–Trinajstić information content (AvgIpc) is 2.46. The van der Waals surface area contributed by atoms with Gasteiger partial charge in [0.2, 0.25) is 0 Å². The summed E-state index contributed by atoms with van der Waals surface area (Å²) in [6.45, 7) is 5.86. The number of hydrogen-bond donors (Lipinski definition) is 2. The van der Waals surface area contributed by atoms with Crippen molar-refractivity contribution in [2.45, 2.75) is 25.8 Å². The van der Waals surface area contributed by atoms with Crippen molar-refractivity contribution >= 4 is 5.91 Å². The van der Waals surface area contributed by atoms with E-state index in [0.717, 1.165) is 25.2 Å². The Kier molecular flexibility index (Phi) is 5.56. The standard InChI is InChI=1S/C16H25N3O/c1-13-3-5-14(6-4-13)16(20)18-10-9-17-15-7-11-19(2)12-8-15/h3-6,15,17H,7-12H2,1-2H3,(H,18,20). The number of hydrogen-bond acceptors (Lipinski definition) is 3. The van der Waals surface area contributed by atoms with Crippen molar-refractivity contribution in [3.63, 3.8) is 0 Å². The van der Waals surface area contributed by atoms with Gasteiger partial charge < -0.3 is 15.5 Å². The Morgan fingerprint density at radius 3 is 2.50 bits per heavy atom. The van der Waals surface area contributed by atoms with E-state index in [1.165, 1.54) is 18.4 Å². The highest BCUT2D eigenvalue weighted by atomic mass is 16.1. The van der Waals surface area contributed by atoms with Crippen LogP contribution in [-0.4, -0.2) is 50.1 Å². The van der Waals surface area contributed by atoms with Gasteiger partial charge in [-0.2, -0.15) is 0 Å². The molecule has 20 heavy (non-hydrogen) atoms. The molecule has 1 heterocycles. The molecule has 110 valence electrons. The van der Waals surface area contributed by atoms with E-state index in [4.69, 9.17) is 0 Å². The van der Waals surface area contributed by atoms with Crippen LogP contribution in [0.1, 0.15) is 28.8 Å². The third kappa shape index (κ3) is 4.62. The summed E-state index contributed by atoms with van der Waals surface area (Å²) in [6.07, 6.45) is 2.39. The zero-order chi connectivity index (χ0) is 14.4. The van der Waals surface area contributed by atoms with Crippen LogP contribution in [0.25, 0.3) is 0 Å². The summed E-state index contributed by atoms with van der Waals surface area (Å²) in [4.78, 5) is 14.3. The second-order valence-corrected chi connectivity index (χ2v) is 5.65. The minimum absolute atomic E-state index is 0.00942. The Balaban J connectivity index is 1.63. The van der Waals surface area contributed by atoms with Gasteiger partial charge in [-0.15, -0.1) is 0 Å². The van der Waals surface area contributed by atoms with Gasteiger partial charge in [-0.3, -0.25) is 4.79 Å². The second kappa shape index (κ2) is 7.41. The molecule has 4 heteroatoms. The van der Waals surface area contributed by atoms with E-state index >= 15 is 0 Å². The van der Waals surface area contributed by atoms with Crippen LogP contribution in [0.15, 0.2) is 24.3 Å². The maximum Gasteiger partial charge on any atom is 0.251 e. The minimum Gasteiger partial charge on any atom is -0.351 e. The van der Waals surface area contributed by atoms with Gasteiger partial charge in [0, 0.05) is 24.7 Å². The summed E-state index contributed by atoms with van der Waals surface area (Å²) in [5.41, 5.74) is 1.90. The SMILES string of the molecule is Cc1ccc(C(=O)NCCNC2CCN(C)CC2)cc1. The number of carbonyl (C=O) groups is 1. The molecule has 1 fully saturated rings. The van der Waals surface area contributed by atoms with Crippen molar-refractivity contribution in [1.82, 2.24) is 15.5 Å². The quantitative estimate of drug-likeness (QED) is 0.799. The lowest BCUT2D eigenvalue weighted by molar-refractivity contribution is 0.0953. The van der Waals surface area contributed by atoms with E-state index in [0.29, 0.717) is 12.6 Å². The Hall–Kier alpha value is -1.39. The smallest absolute Gasteiger partial charge is 0.251 e. The number of rotatable bonds is 5. The first-order valence-corrected chi connectivity index (χ1v) is 7.42. The maximum absolute atomic E-state index is 11.9. The van der Waals surface area contributed by atoms with Gasteiger partial charge in [-0.05, 0) is 52.0 Å². The number of nitrogens with one attached hydrogen (secondary N) is 2. The Labute approximate surface area is 121 Å². The predicted molar refractivity (Wildman–Crippen MR) is 82.0 cm³/mol. The molecule has 1 aromatic rings. The zero-order valence-corrected chi connectivity index (χ0v) is 12.5. The number of benzene rings is 1. The van der Waals surface area contributed by atoms with Crippen LogP contribution in [0, 0.1) is 6.92 Å². The van der Waals surface area contributed by atoms with Gasteiger partial charge in [0.1, 0.15) is 0 Å². The number of likely N-dealkylation sites (tertiary alicyclic amines) is 1. The fourth-order valence-corrected chi connectivity index (χ4v) is 2.47. The van der Waals surface area contributed by atoms with Gasteiger partial charge >= 0.3 is 0 Å². The molecular weight excluding hydrogens is 250 g/mol. The lowest BCUT2D eigenvalue weighted by Crippen LogP contribution is -2.43. The summed E-state index contributed by atoms with van der Waals surface area (Å²) in [7, 11) is 2.16. The van der Waals surface area contributed by atoms with Gasteiger partial charge in [-0.25, -0.2) is 0 Å².